The molecule has 1 rings (SSSR count). The van der Waals surface area contributed by atoms with Gasteiger partial charge in [0.25, 0.3) is 0 Å². The molecule has 1 aliphatic rings. The molecule has 0 heterocycles. The van der Waals surface area contributed by atoms with Crippen molar-refractivity contribution < 1.29 is 9.53 Å². The lowest BCUT2D eigenvalue weighted by atomic mass is 9.90. The molecule has 0 saturated heterocycles. The van der Waals surface area contributed by atoms with E-state index in [1.165, 1.54) is 11.8 Å². The van der Waals surface area contributed by atoms with Crippen LogP contribution >= 0.6 is 0 Å². The molecular formula is C10H14O2. The third-order valence-corrected chi connectivity index (χ3v) is 2.17. The summed E-state index contributed by atoms with van der Waals surface area (Å²) in [4.78, 5) is 11.2. The highest BCUT2D eigenvalue weighted by Crippen LogP contribution is 2.23. The Hall–Kier alpha value is -1.05. The minimum atomic E-state index is -0.145. The zero-order valence-electron chi connectivity index (χ0n) is 7.38. The molecule has 66 valence electrons. The predicted molar refractivity (Wildman–Crippen MR) is 47.4 cm³/mol. The monoisotopic (exact) mass is 166 g/mol. The van der Waals surface area contributed by atoms with Crippen LogP contribution in [0, 0.1) is 5.92 Å². The maximum absolute atomic E-state index is 11.2. The van der Waals surface area contributed by atoms with E-state index >= 15 is 0 Å². The lowest BCUT2D eigenvalue weighted by Gasteiger charge is -2.17. The Kier molecular flexibility index (Phi) is 3.09. The molecule has 2 heteroatoms. The van der Waals surface area contributed by atoms with Crippen LogP contribution in [0.3, 0.4) is 0 Å². The van der Waals surface area contributed by atoms with Crippen molar-refractivity contribution in [1.82, 2.24) is 0 Å². The van der Waals surface area contributed by atoms with Gasteiger partial charge in [-0.2, -0.15) is 0 Å². The number of esters is 1. The molecule has 0 radical (unpaired) electrons. The first-order valence-electron chi connectivity index (χ1n) is 4.21. The largest absolute Gasteiger partial charge is 0.435 e. The van der Waals surface area contributed by atoms with Crippen molar-refractivity contribution in [2.75, 3.05) is 0 Å². The van der Waals surface area contributed by atoms with Crippen LogP contribution in [0.15, 0.2) is 24.5 Å². The number of rotatable bonds is 2. The normalized spacial score (nSPS) is 22.8. The Labute approximate surface area is 72.9 Å². The number of hydrogen-bond acceptors (Lipinski definition) is 2. The molecule has 2 nitrogen and oxygen atoms in total. The number of carbonyl (C=O) groups is 1. The summed E-state index contributed by atoms with van der Waals surface area (Å²) in [6.45, 7) is 5.44. The lowest BCUT2D eigenvalue weighted by Crippen LogP contribution is -2.17. The van der Waals surface area contributed by atoms with Crippen molar-refractivity contribution in [3.05, 3.63) is 24.5 Å². The van der Waals surface area contributed by atoms with Gasteiger partial charge in [0.1, 0.15) is 0 Å². The zero-order valence-corrected chi connectivity index (χ0v) is 7.38. The van der Waals surface area contributed by atoms with Gasteiger partial charge in [0.2, 0.25) is 0 Å². The number of carbonyl (C=O) groups excluding carboxylic acids is 1. The highest BCUT2D eigenvalue weighted by molar-refractivity contribution is 5.73. The van der Waals surface area contributed by atoms with Crippen LogP contribution in [-0.4, -0.2) is 5.97 Å². The minimum absolute atomic E-state index is 0.0479. The molecule has 0 aromatic rings. The third-order valence-electron chi connectivity index (χ3n) is 2.17. The van der Waals surface area contributed by atoms with E-state index in [1.54, 1.807) is 0 Å². The van der Waals surface area contributed by atoms with Crippen molar-refractivity contribution in [2.24, 2.45) is 5.92 Å². The highest BCUT2D eigenvalue weighted by Gasteiger charge is 2.20. The first-order chi connectivity index (χ1) is 5.74. The van der Waals surface area contributed by atoms with Crippen molar-refractivity contribution in [3.8, 4) is 0 Å². The molecule has 12 heavy (non-hydrogen) atoms. The highest BCUT2D eigenvalue weighted by atomic mass is 16.5. The first-order valence-corrected chi connectivity index (χ1v) is 4.21. The molecule has 0 N–H and O–H groups in total. The average molecular weight is 166 g/mol. The molecule has 0 saturated carbocycles. The van der Waals surface area contributed by atoms with E-state index in [1.807, 2.05) is 0 Å². The van der Waals surface area contributed by atoms with Gasteiger partial charge in [-0.3, -0.25) is 4.79 Å². The van der Waals surface area contributed by atoms with E-state index < -0.39 is 0 Å². The standard InChI is InChI=1S/C10H14O2/c1-3-12-10(11)9-6-4-8(2)5-7-9/h3-4,9H,1,5-7H2,2H3. The zero-order chi connectivity index (χ0) is 8.97. The van der Waals surface area contributed by atoms with E-state index in [4.69, 9.17) is 4.74 Å². The molecule has 1 unspecified atom stereocenters. The summed E-state index contributed by atoms with van der Waals surface area (Å²) in [6, 6.07) is 0. The van der Waals surface area contributed by atoms with Crippen LogP contribution in [0.4, 0.5) is 0 Å². The van der Waals surface area contributed by atoms with Crippen molar-refractivity contribution in [2.45, 2.75) is 26.2 Å². The van der Waals surface area contributed by atoms with E-state index in [-0.39, 0.29) is 11.9 Å². The van der Waals surface area contributed by atoms with Crippen LogP contribution in [0.25, 0.3) is 0 Å². The van der Waals surface area contributed by atoms with Gasteiger partial charge in [0.05, 0.1) is 12.2 Å². The van der Waals surface area contributed by atoms with Crippen LogP contribution in [0.1, 0.15) is 26.2 Å². The summed E-state index contributed by atoms with van der Waals surface area (Å²) in [6.07, 6.45) is 6.05. The Morgan fingerprint density at radius 1 is 1.83 bits per heavy atom. The van der Waals surface area contributed by atoms with Gasteiger partial charge in [0, 0.05) is 0 Å². The molecule has 0 aromatic heterocycles. The summed E-state index contributed by atoms with van der Waals surface area (Å²) < 4.78 is 4.71. The molecule has 0 fully saturated rings. The van der Waals surface area contributed by atoms with Gasteiger partial charge in [-0.15, -0.1) is 0 Å². The molecule has 1 aliphatic carbocycles. The summed E-state index contributed by atoms with van der Waals surface area (Å²) in [5.41, 5.74) is 1.37. The molecule has 0 aliphatic heterocycles. The van der Waals surface area contributed by atoms with Crippen molar-refractivity contribution in [3.63, 3.8) is 0 Å². The quantitative estimate of drug-likeness (QED) is 0.358. The van der Waals surface area contributed by atoms with Gasteiger partial charge in [-0.25, -0.2) is 0 Å². The predicted octanol–water partition coefficient (Wildman–Crippen LogP) is 2.42. The van der Waals surface area contributed by atoms with E-state index in [2.05, 4.69) is 19.6 Å². The number of allylic oxidation sites excluding steroid dienone is 2. The summed E-state index contributed by atoms with van der Waals surface area (Å²) in [5.74, 6) is -0.0968. The Morgan fingerprint density at radius 3 is 3.08 bits per heavy atom. The second-order valence-electron chi connectivity index (χ2n) is 3.13. The molecule has 1 atom stereocenters. The fourth-order valence-electron chi connectivity index (χ4n) is 1.36. The SMILES string of the molecule is C=COC(=O)C1CC=C(C)CC1. The van der Waals surface area contributed by atoms with Gasteiger partial charge < -0.3 is 4.74 Å². The fourth-order valence-corrected chi connectivity index (χ4v) is 1.36. The second kappa shape index (κ2) is 4.10. The molecule has 0 aromatic carbocycles. The van der Waals surface area contributed by atoms with Crippen LogP contribution in [0.5, 0.6) is 0 Å². The minimum Gasteiger partial charge on any atom is -0.435 e. The molecule has 0 amide bonds. The summed E-state index contributed by atoms with van der Waals surface area (Å²) in [5, 5.41) is 0. The molecular weight excluding hydrogens is 152 g/mol. The van der Waals surface area contributed by atoms with E-state index in [0.717, 1.165) is 19.3 Å². The van der Waals surface area contributed by atoms with Crippen molar-refractivity contribution in [1.29, 1.82) is 0 Å². The topological polar surface area (TPSA) is 26.3 Å². The smallest absolute Gasteiger partial charge is 0.314 e. The van der Waals surface area contributed by atoms with Crippen LogP contribution < -0.4 is 0 Å². The maximum atomic E-state index is 11.2. The lowest BCUT2D eigenvalue weighted by molar-refractivity contribution is -0.142. The van der Waals surface area contributed by atoms with Gasteiger partial charge in [0.15, 0.2) is 0 Å². The Morgan fingerprint density at radius 2 is 2.58 bits per heavy atom. The first kappa shape index (κ1) is 9.04. The van der Waals surface area contributed by atoms with Gasteiger partial charge >= 0.3 is 5.97 Å². The second-order valence-corrected chi connectivity index (χ2v) is 3.13. The van der Waals surface area contributed by atoms with Crippen molar-refractivity contribution >= 4 is 5.97 Å². The average Bonchev–Trinajstić information content (AvgIpc) is 2.06. The summed E-state index contributed by atoms with van der Waals surface area (Å²) >= 11 is 0. The van der Waals surface area contributed by atoms with Gasteiger partial charge in [-0.1, -0.05) is 18.2 Å². The van der Waals surface area contributed by atoms with E-state index in [9.17, 15) is 4.79 Å². The molecule has 0 bridgehead atoms. The summed E-state index contributed by atoms with van der Waals surface area (Å²) in [7, 11) is 0. The third kappa shape index (κ3) is 2.22. The van der Waals surface area contributed by atoms with Crippen LogP contribution in [-0.2, 0) is 9.53 Å². The maximum Gasteiger partial charge on any atom is 0.314 e. The van der Waals surface area contributed by atoms with Gasteiger partial charge in [-0.05, 0) is 26.2 Å². The Bertz CT molecular complexity index is 216. The Balaban J connectivity index is 2.45. The van der Waals surface area contributed by atoms with E-state index in [0.29, 0.717) is 0 Å². The fraction of sp³-hybridized carbons (Fsp3) is 0.500. The number of hydrogen-bond donors (Lipinski definition) is 0. The molecule has 0 spiro atoms. The number of ether oxygens (including phenoxy) is 1. The van der Waals surface area contributed by atoms with Crippen LogP contribution in [0.2, 0.25) is 0 Å².